The monoisotopic (exact) mass is 573 g/mol. The van der Waals surface area contributed by atoms with Gasteiger partial charge in [0.2, 0.25) is 5.78 Å². The number of aromatic nitrogens is 3. The number of amides is 1. The topological polar surface area (TPSA) is 88.4 Å². The third kappa shape index (κ3) is 5.10. The van der Waals surface area contributed by atoms with Gasteiger partial charge in [-0.1, -0.05) is 48.4 Å². The fourth-order valence-electron chi connectivity index (χ4n) is 5.14. The van der Waals surface area contributed by atoms with Crippen LogP contribution in [-0.4, -0.2) is 44.7 Å². The number of ketones is 1. The zero-order valence-electron chi connectivity index (χ0n) is 22.1. The molecule has 5 aromatic rings. The van der Waals surface area contributed by atoms with Gasteiger partial charge in [-0.3, -0.25) is 14.0 Å². The molecule has 1 aliphatic heterocycles. The zero-order valence-corrected chi connectivity index (χ0v) is 23.7. The number of imidazole rings is 1. The smallest absolute Gasteiger partial charge is 0.270 e. The van der Waals surface area contributed by atoms with E-state index in [1.54, 1.807) is 23.5 Å². The maximum absolute atomic E-state index is 14.4. The second-order valence-corrected chi connectivity index (χ2v) is 11.9. The van der Waals surface area contributed by atoms with E-state index in [4.69, 9.17) is 4.98 Å². The fraction of sp³-hybridized carbons (Fsp3) is 0.267. The average molecular weight is 574 g/mol. The number of halogens is 1. The Morgan fingerprint density at radius 1 is 1.05 bits per heavy atom. The molecule has 1 amide bonds. The normalized spacial score (nSPS) is 16.2. The number of Topliss-reactive ketones (excluding diaryl/α,β-unsaturated/α-hetero) is 1. The summed E-state index contributed by atoms with van der Waals surface area (Å²) in [6, 6.07) is 13.0. The highest BCUT2D eigenvalue weighted by Gasteiger charge is 2.36. The van der Waals surface area contributed by atoms with Crippen LogP contribution in [0.1, 0.15) is 51.5 Å². The van der Waals surface area contributed by atoms with Crippen LogP contribution >= 0.6 is 22.7 Å². The van der Waals surface area contributed by atoms with E-state index >= 15 is 0 Å². The molecule has 0 saturated carbocycles. The van der Waals surface area contributed by atoms with Crippen LogP contribution in [0, 0.1) is 19.7 Å². The van der Waals surface area contributed by atoms with Crippen molar-refractivity contribution in [1.29, 1.82) is 0 Å². The number of carbonyl (C=O) groups is 2. The van der Waals surface area contributed by atoms with Crippen LogP contribution in [0.3, 0.4) is 0 Å². The number of hydrogen-bond donors (Lipinski definition) is 2. The van der Waals surface area contributed by atoms with Gasteiger partial charge >= 0.3 is 0 Å². The van der Waals surface area contributed by atoms with Gasteiger partial charge in [-0.25, -0.2) is 14.4 Å². The van der Waals surface area contributed by atoms with Crippen LogP contribution in [-0.2, 0) is 0 Å². The van der Waals surface area contributed by atoms with Gasteiger partial charge in [0.25, 0.3) is 5.91 Å². The zero-order chi connectivity index (χ0) is 27.8. The van der Waals surface area contributed by atoms with E-state index in [1.807, 2.05) is 42.8 Å². The standard InChI is InChI=1S/C30H28FN5O2S2/c1-17-6-8-20(9-7-17)29-35-24(27(40-29)19-10-12-21(31)13-11-19)26(37)23(22-5-3-4-14-32-22)34-28(38)25-18(2)33-30-36(25)15-16-39-30/h6-13,15-16,22-23,32H,3-5,14H2,1-2H3,(H,34,38)/t22?,23-/m0/s1. The lowest BCUT2D eigenvalue weighted by Gasteiger charge is -2.31. The number of hydrogen-bond acceptors (Lipinski definition) is 7. The molecule has 3 aromatic heterocycles. The van der Waals surface area contributed by atoms with Gasteiger partial charge in [-0.05, 0) is 50.9 Å². The van der Waals surface area contributed by atoms with E-state index in [1.165, 1.54) is 34.8 Å². The van der Waals surface area contributed by atoms with Gasteiger partial charge in [0.05, 0.1) is 10.6 Å². The van der Waals surface area contributed by atoms with Crippen molar-refractivity contribution in [2.24, 2.45) is 0 Å². The Morgan fingerprint density at radius 3 is 2.52 bits per heavy atom. The van der Waals surface area contributed by atoms with Crippen molar-refractivity contribution in [3.63, 3.8) is 0 Å². The maximum atomic E-state index is 14.4. The van der Waals surface area contributed by atoms with Gasteiger partial charge in [0.15, 0.2) is 4.96 Å². The van der Waals surface area contributed by atoms with E-state index in [9.17, 15) is 14.0 Å². The number of carbonyl (C=O) groups excluding carboxylic acids is 2. The molecule has 7 nitrogen and oxygen atoms in total. The predicted octanol–water partition coefficient (Wildman–Crippen LogP) is 6.07. The molecule has 0 bridgehead atoms. The Kier molecular flexibility index (Phi) is 7.31. The van der Waals surface area contributed by atoms with Gasteiger partial charge in [0, 0.05) is 23.2 Å². The number of fused-ring (bicyclic) bond motifs is 1. The van der Waals surface area contributed by atoms with Crippen LogP contribution < -0.4 is 10.6 Å². The van der Waals surface area contributed by atoms with E-state index in [0.717, 1.165) is 41.9 Å². The van der Waals surface area contributed by atoms with Crippen molar-refractivity contribution >= 4 is 39.3 Å². The minimum atomic E-state index is -0.844. The van der Waals surface area contributed by atoms with Crippen molar-refractivity contribution in [3.05, 3.63) is 88.6 Å². The summed E-state index contributed by atoms with van der Waals surface area (Å²) in [6.07, 6.45) is 4.52. The fourth-order valence-corrected chi connectivity index (χ4v) is 6.98. The number of piperidine rings is 1. The van der Waals surface area contributed by atoms with Gasteiger partial charge in [-0.15, -0.1) is 22.7 Å². The van der Waals surface area contributed by atoms with Crippen LogP contribution in [0.4, 0.5) is 4.39 Å². The van der Waals surface area contributed by atoms with Crippen LogP contribution in [0.2, 0.25) is 0 Å². The first-order valence-corrected chi connectivity index (χ1v) is 14.9. The highest BCUT2D eigenvalue weighted by Crippen LogP contribution is 2.37. The maximum Gasteiger partial charge on any atom is 0.270 e. The van der Waals surface area contributed by atoms with Crippen molar-refractivity contribution in [2.75, 3.05) is 6.54 Å². The van der Waals surface area contributed by atoms with Crippen molar-refractivity contribution in [3.8, 4) is 21.0 Å². The summed E-state index contributed by atoms with van der Waals surface area (Å²) in [7, 11) is 0. The highest BCUT2D eigenvalue weighted by atomic mass is 32.1. The molecule has 2 aromatic carbocycles. The van der Waals surface area contributed by atoms with Crippen molar-refractivity contribution in [2.45, 2.75) is 45.2 Å². The molecule has 0 radical (unpaired) electrons. The lowest BCUT2D eigenvalue weighted by Crippen LogP contribution is -2.56. The largest absolute Gasteiger partial charge is 0.339 e. The number of aryl methyl sites for hydroxylation is 2. The highest BCUT2D eigenvalue weighted by molar-refractivity contribution is 7.18. The molecule has 4 heterocycles. The quantitative estimate of drug-likeness (QED) is 0.231. The second-order valence-electron chi connectivity index (χ2n) is 10.0. The molecule has 1 fully saturated rings. The molecule has 10 heteroatoms. The summed E-state index contributed by atoms with van der Waals surface area (Å²) < 4.78 is 15.6. The Hall–Kier alpha value is -3.73. The third-order valence-electron chi connectivity index (χ3n) is 7.24. The second kappa shape index (κ2) is 11.0. The molecule has 40 heavy (non-hydrogen) atoms. The Bertz CT molecular complexity index is 1680. The number of thiazole rings is 2. The summed E-state index contributed by atoms with van der Waals surface area (Å²) in [4.78, 5) is 38.8. The van der Waals surface area contributed by atoms with Gasteiger partial charge in [0.1, 0.15) is 28.3 Å². The van der Waals surface area contributed by atoms with E-state index in [2.05, 4.69) is 15.6 Å². The first-order chi connectivity index (χ1) is 19.4. The molecule has 1 unspecified atom stereocenters. The molecule has 204 valence electrons. The predicted molar refractivity (Wildman–Crippen MR) is 157 cm³/mol. The van der Waals surface area contributed by atoms with E-state index in [0.29, 0.717) is 26.8 Å². The molecule has 1 saturated heterocycles. The molecule has 6 rings (SSSR count). The Morgan fingerprint density at radius 2 is 1.80 bits per heavy atom. The first-order valence-electron chi connectivity index (χ1n) is 13.2. The number of nitrogens with zero attached hydrogens (tertiary/aromatic N) is 3. The molecular weight excluding hydrogens is 545 g/mol. The summed E-state index contributed by atoms with van der Waals surface area (Å²) >= 11 is 2.84. The van der Waals surface area contributed by atoms with Crippen LogP contribution in [0.5, 0.6) is 0 Å². The SMILES string of the molecule is Cc1ccc(-c2nc(C(=O)[C@@H](NC(=O)c3c(C)nc4sccn34)C3CCCCN3)c(-c3ccc(F)cc3)s2)cc1. The lowest BCUT2D eigenvalue weighted by atomic mass is 9.92. The first kappa shape index (κ1) is 26.5. The van der Waals surface area contributed by atoms with E-state index in [-0.39, 0.29) is 29.2 Å². The number of benzene rings is 2. The van der Waals surface area contributed by atoms with E-state index < -0.39 is 6.04 Å². The Balaban J connectivity index is 1.42. The minimum absolute atomic E-state index is 0.248. The summed E-state index contributed by atoms with van der Waals surface area (Å²) in [5.41, 5.74) is 4.02. The summed E-state index contributed by atoms with van der Waals surface area (Å²) in [5.74, 6) is -0.982. The third-order valence-corrected chi connectivity index (χ3v) is 9.15. The molecule has 0 spiro atoms. The molecule has 0 aliphatic carbocycles. The molecule has 2 N–H and O–H groups in total. The Labute approximate surface area is 239 Å². The van der Waals surface area contributed by atoms with Gasteiger partial charge in [-0.2, -0.15) is 0 Å². The molecule has 1 aliphatic rings. The summed E-state index contributed by atoms with van der Waals surface area (Å²) in [5, 5.41) is 9.07. The number of rotatable bonds is 7. The molecule has 2 atom stereocenters. The summed E-state index contributed by atoms with van der Waals surface area (Å²) in [6.45, 7) is 4.58. The lowest BCUT2D eigenvalue weighted by molar-refractivity contribution is 0.0820. The van der Waals surface area contributed by atoms with Crippen LogP contribution in [0.15, 0.2) is 60.1 Å². The number of nitrogens with one attached hydrogen (secondary N) is 2. The van der Waals surface area contributed by atoms with Gasteiger partial charge < -0.3 is 10.6 Å². The van der Waals surface area contributed by atoms with Crippen molar-refractivity contribution in [1.82, 2.24) is 25.0 Å². The molecular formula is C30H28FN5O2S2. The minimum Gasteiger partial charge on any atom is -0.339 e. The average Bonchev–Trinajstić information content (AvgIpc) is 3.67. The van der Waals surface area contributed by atoms with Crippen molar-refractivity contribution < 1.29 is 14.0 Å². The van der Waals surface area contributed by atoms with Crippen LogP contribution in [0.25, 0.3) is 26.0 Å².